The topological polar surface area (TPSA) is 38.5 Å². The Hall–Kier alpha value is -0.600. The van der Waals surface area contributed by atoms with Crippen LogP contribution < -0.4 is 5.73 Å². The van der Waals surface area contributed by atoms with Gasteiger partial charge in [0.15, 0.2) is 0 Å². The SMILES string of the molecule is CC1C=CC=CC1(N)CC1CO1. The molecule has 0 aromatic rings. The maximum atomic E-state index is 6.23. The van der Waals surface area contributed by atoms with E-state index in [0.717, 1.165) is 13.0 Å². The summed E-state index contributed by atoms with van der Waals surface area (Å²) in [6.07, 6.45) is 9.71. The van der Waals surface area contributed by atoms with Crippen LogP contribution in [0.25, 0.3) is 0 Å². The first kappa shape index (κ1) is 8.02. The van der Waals surface area contributed by atoms with Crippen molar-refractivity contribution < 1.29 is 4.74 Å². The number of hydrogen-bond donors (Lipinski definition) is 1. The van der Waals surface area contributed by atoms with Crippen LogP contribution in [-0.4, -0.2) is 18.2 Å². The van der Waals surface area contributed by atoms with Gasteiger partial charge in [-0.2, -0.15) is 0 Å². The molecule has 66 valence electrons. The Labute approximate surface area is 73.1 Å². The fourth-order valence-corrected chi connectivity index (χ4v) is 1.63. The molecule has 2 nitrogen and oxygen atoms in total. The molecule has 12 heavy (non-hydrogen) atoms. The summed E-state index contributed by atoms with van der Waals surface area (Å²) >= 11 is 0. The molecular formula is C10H15NO. The number of epoxide rings is 1. The average Bonchev–Trinajstić information content (AvgIpc) is 2.79. The van der Waals surface area contributed by atoms with Crippen molar-refractivity contribution in [2.24, 2.45) is 11.7 Å². The van der Waals surface area contributed by atoms with Crippen LogP contribution in [0, 0.1) is 5.92 Å². The van der Waals surface area contributed by atoms with E-state index in [-0.39, 0.29) is 5.54 Å². The Balaban J connectivity index is 2.06. The second-order valence-electron chi connectivity index (χ2n) is 3.80. The Morgan fingerprint density at radius 3 is 2.92 bits per heavy atom. The minimum atomic E-state index is -0.171. The van der Waals surface area contributed by atoms with Gasteiger partial charge in [-0.25, -0.2) is 0 Å². The largest absolute Gasteiger partial charge is 0.373 e. The quantitative estimate of drug-likeness (QED) is 0.625. The molecule has 3 atom stereocenters. The fraction of sp³-hybridized carbons (Fsp3) is 0.600. The van der Waals surface area contributed by atoms with Crippen molar-refractivity contribution >= 4 is 0 Å². The van der Waals surface area contributed by atoms with Crippen molar-refractivity contribution in [1.29, 1.82) is 0 Å². The number of hydrogen-bond acceptors (Lipinski definition) is 2. The molecule has 0 radical (unpaired) electrons. The molecule has 2 N–H and O–H groups in total. The summed E-state index contributed by atoms with van der Waals surface area (Å²) in [5.74, 6) is 0.423. The molecule has 1 aliphatic carbocycles. The van der Waals surface area contributed by atoms with Crippen molar-refractivity contribution in [1.82, 2.24) is 0 Å². The first-order valence-electron chi connectivity index (χ1n) is 4.47. The first-order valence-corrected chi connectivity index (χ1v) is 4.47. The van der Waals surface area contributed by atoms with Crippen LogP contribution in [0.5, 0.6) is 0 Å². The standard InChI is InChI=1S/C10H15NO/c1-8-4-2-3-5-10(8,11)6-9-7-12-9/h2-5,8-9H,6-7,11H2,1H3. The van der Waals surface area contributed by atoms with E-state index in [1.54, 1.807) is 0 Å². The van der Waals surface area contributed by atoms with Crippen LogP contribution in [0.4, 0.5) is 0 Å². The van der Waals surface area contributed by atoms with Gasteiger partial charge in [0.25, 0.3) is 0 Å². The minimum Gasteiger partial charge on any atom is -0.373 e. The molecule has 0 aromatic carbocycles. The summed E-state index contributed by atoms with van der Waals surface area (Å²) in [4.78, 5) is 0. The highest BCUT2D eigenvalue weighted by atomic mass is 16.6. The second kappa shape index (κ2) is 2.71. The molecular weight excluding hydrogens is 150 g/mol. The van der Waals surface area contributed by atoms with Crippen molar-refractivity contribution in [3.05, 3.63) is 24.3 Å². The van der Waals surface area contributed by atoms with Crippen molar-refractivity contribution in [2.75, 3.05) is 6.61 Å². The summed E-state index contributed by atoms with van der Waals surface area (Å²) in [7, 11) is 0. The van der Waals surface area contributed by atoms with Gasteiger partial charge in [0.2, 0.25) is 0 Å². The lowest BCUT2D eigenvalue weighted by Crippen LogP contribution is -2.45. The molecule has 2 aliphatic rings. The average molecular weight is 165 g/mol. The van der Waals surface area contributed by atoms with E-state index in [2.05, 4.69) is 25.2 Å². The fourth-order valence-electron chi connectivity index (χ4n) is 1.63. The summed E-state index contributed by atoms with van der Waals surface area (Å²) < 4.78 is 5.19. The van der Waals surface area contributed by atoms with Crippen LogP contribution in [0.1, 0.15) is 13.3 Å². The van der Waals surface area contributed by atoms with E-state index in [9.17, 15) is 0 Å². The van der Waals surface area contributed by atoms with Crippen LogP contribution in [0.2, 0.25) is 0 Å². The van der Waals surface area contributed by atoms with E-state index in [1.165, 1.54) is 0 Å². The Kier molecular flexibility index (Phi) is 1.81. The summed E-state index contributed by atoms with van der Waals surface area (Å²) in [6.45, 7) is 3.05. The molecule has 1 aliphatic heterocycles. The zero-order valence-electron chi connectivity index (χ0n) is 7.36. The molecule has 2 heteroatoms. The summed E-state index contributed by atoms with van der Waals surface area (Å²) in [5.41, 5.74) is 6.05. The predicted octanol–water partition coefficient (Wildman–Crippen LogP) is 1.23. The third kappa shape index (κ3) is 1.45. The summed E-state index contributed by atoms with van der Waals surface area (Å²) in [6, 6.07) is 0. The van der Waals surface area contributed by atoms with E-state index in [0.29, 0.717) is 12.0 Å². The van der Waals surface area contributed by atoms with Crippen molar-refractivity contribution in [3.8, 4) is 0 Å². The lowest BCUT2D eigenvalue weighted by molar-refractivity contribution is 0.315. The molecule has 1 saturated heterocycles. The van der Waals surface area contributed by atoms with Gasteiger partial charge in [-0.15, -0.1) is 0 Å². The first-order chi connectivity index (χ1) is 5.71. The molecule has 0 spiro atoms. The van der Waals surface area contributed by atoms with Crippen LogP contribution in [0.3, 0.4) is 0 Å². The minimum absolute atomic E-state index is 0.171. The van der Waals surface area contributed by atoms with Crippen LogP contribution >= 0.6 is 0 Å². The number of ether oxygens (including phenoxy) is 1. The Bertz CT molecular complexity index is 230. The zero-order chi connectivity index (χ0) is 8.60. The predicted molar refractivity (Wildman–Crippen MR) is 48.7 cm³/mol. The molecule has 1 fully saturated rings. The molecule has 0 saturated carbocycles. The van der Waals surface area contributed by atoms with Crippen LogP contribution in [-0.2, 0) is 4.74 Å². The summed E-state index contributed by atoms with van der Waals surface area (Å²) in [5, 5.41) is 0. The smallest absolute Gasteiger partial charge is 0.0830 e. The highest BCUT2D eigenvalue weighted by molar-refractivity contribution is 5.23. The number of allylic oxidation sites excluding steroid dienone is 2. The number of rotatable bonds is 2. The van der Waals surface area contributed by atoms with Gasteiger partial charge >= 0.3 is 0 Å². The van der Waals surface area contributed by atoms with Gasteiger partial charge in [0, 0.05) is 5.54 Å². The second-order valence-corrected chi connectivity index (χ2v) is 3.80. The lowest BCUT2D eigenvalue weighted by Gasteiger charge is -2.32. The van der Waals surface area contributed by atoms with E-state index in [1.807, 2.05) is 6.08 Å². The van der Waals surface area contributed by atoms with E-state index < -0.39 is 0 Å². The van der Waals surface area contributed by atoms with Gasteiger partial charge in [-0.1, -0.05) is 31.2 Å². The van der Waals surface area contributed by atoms with Crippen molar-refractivity contribution in [3.63, 3.8) is 0 Å². The molecule has 0 aromatic heterocycles. The maximum absolute atomic E-state index is 6.23. The zero-order valence-corrected chi connectivity index (χ0v) is 7.36. The van der Waals surface area contributed by atoms with Gasteiger partial charge in [0.1, 0.15) is 0 Å². The third-order valence-corrected chi connectivity index (χ3v) is 2.75. The molecule has 0 bridgehead atoms. The van der Waals surface area contributed by atoms with E-state index >= 15 is 0 Å². The monoisotopic (exact) mass is 165 g/mol. The lowest BCUT2D eigenvalue weighted by atomic mass is 9.79. The van der Waals surface area contributed by atoms with Crippen molar-refractivity contribution in [2.45, 2.75) is 25.0 Å². The van der Waals surface area contributed by atoms with Crippen LogP contribution in [0.15, 0.2) is 24.3 Å². The van der Waals surface area contributed by atoms with Gasteiger partial charge in [-0.3, -0.25) is 0 Å². The highest BCUT2D eigenvalue weighted by Gasteiger charge is 2.36. The highest BCUT2D eigenvalue weighted by Crippen LogP contribution is 2.30. The third-order valence-electron chi connectivity index (χ3n) is 2.75. The molecule has 3 unspecified atom stereocenters. The Morgan fingerprint density at radius 2 is 2.33 bits per heavy atom. The van der Waals surface area contributed by atoms with Gasteiger partial charge < -0.3 is 10.5 Å². The maximum Gasteiger partial charge on any atom is 0.0830 e. The van der Waals surface area contributed by atoms with E-state index in [4.69, 9.17) is 10.5 Å². The van der Waals surface area contributed by atoms with Gasteiger partial charge in [0.05, 0.1) is 12.7 Å². The van der Waals surface area contributed by atoms with Gasteiger partial charge in [-0.05, 0) is 12.3 Å². The number of nitrogens with two attached hydrogens (primary N) is 1. The molecule has 1 heterocycles. The Morgan fingerprint density at radius 1 is 1.58 bits per heavy atom. The normalized spacial score (nSPS) is 44.8. The molecule has 0 amide bonds. The molecule has 2 rings (SSSR count).